The fraction of sp³-hybridized carbons (Fsp3) is 0.143. The van der Waals surface area contributed by atoms with E-state index in [-0.39, 0.29) is 11.3 Å². The van der Waals surface area contributed by atoms with Crippen LogP contribution in [0.1, 0.15) is 5.69 Å². The van der Waals surface area contributed by atoms with Crippen molar-refractivity contribution in [3.63, 3.8) is 0 Å². The maximum Gasteiger partial charge on any atom is 0.258 e. The molecule has 1 aromatic carbocycles. The quantitative estimate of drug-likeness (QED) is 0.660. The van der Waals surface area contributed by atoms with Crippen molar-refractivity contribution in [2.45, 2.75) is 6.92 Å². The molecule has 98 valence electrons. The average Bonchev–Trinajstić information content (AvgIpc) is 2.46. The lowest BCUT2D eigenvalue weighted by Crippen LogP contribution is -2.19. The van der Waals surface area contributed by atoms with Gasteiger partial charge < -0.3 is 4.57 Å². The van der Waals surface area contributed by atoms with Crippen LogP contribution in [0, 0.1) is 29.6 Å². The highest BCUT2D eigenvalue weighted by molar-refractivity contribution is 6.10. The van der Waals surface area contributed by atoms with Gasteiger partial charge in [0.05, 0.1) is 5.69 Å². The lowest BCUT2D eigenvalue weighted by Gasteiger charge is -2.09. The molecule has 6 nitrogen and oxygen atoms in total. The molecule has 1 aromatic heterocycles. The third-order valence-corrected chi connectivity index (χ3v) is 3.02. The molecule has 0 aliphatic rings. The molecule has 0 spiro atoms. The summed E-state index contributed by atoms with van der Waals surface area (Å²) in [5.41, 5.74) is 3.66. The molecule has 0 bridgehead atoms. The zero-order valence-corrected chi connectivity index (χ0v) is 11.0. The van der Waals surface area contributed by atoms with Gasteiger partial charge in [0.1, 0.15) is 12.1 Å². The van der Waals surface area contributed by atoms with Crippen LogP contribution < -0.4 is 11.0 Å². The van der Waals surface area contributed by atoms with Crippen molar-refractivity contribution in [1.82, 2.24) is 4.57 Å². The SMILES string of the molecule is Cc1cc2c(NN=C(C#N)C#N)cccc2c(=O)n1C. The van der Waals surface area contributed by atoms with Gasteiger partial charge in [0.2, 0.25) is 5.71 Å². The predicted octanol–water partition coefficient (Wildman–Crippen LogP) is 1.66. The summed E-state index contributed by atoms with van der Waals surface area (Å²) in [7, 11) is 1.71. The summed E-state index contributed by atoms with van der Waals surface area (Å²) in [5.74, 6) is 0. The van der Waals surface area contributed by atoms with Crippen LogP contribution in [0.15, 0.2) is 34.2 Å². The molecule has 2 aromatic rings. The number of aromatic nitrogens is 1. The van der Waals surface area contributed by atoms with Crippen molar-refractivity contribution in [1.29, 1.82) is 10.5 Å². The third-order valence-electron chi connectivity index (χ3n) is 3.02. The van der Waals surface area contributed by atoms with Gasteiger partial charge in [0, 0.05) is 23.5 Å². The molecule has 20 heavy (non-hydrogen) atoms. The first-order valence-corrected chi connectivity index (χ1v) is 5.81. The second-order valence-corrected chi connectivity index (χ2v) is 4.21. The van der Waals surface area contributed by atoms with E-state index < -0.39 is 0 Å². The summed E-state index contributed by atoms with van der Waals surface area (Å²) < 4.78 is 1.56. The van der Waals surface area contributed by atoms with Gasteiger partial charge in [-0.2, -0.15) is 15.6 Å². The Bertz CT molecular complexity index is 833. The van der Waals surface area contributed by atoms with E-state index in [0.29, 0.717) is 16.5 Å². The molecule has 6 heteroatoms. The van der Waals surface area contributed by atoms with Crippen LogP contribution in [0.3, 0.4) is 0 Å². The number of anilines is 1. The number of rotatable bonds is 2. The number of pyridine rings is 1. The normalized spacial score (nSPS) is 9.60. The fourth-order valence-electron chi connectivity index (χ4n) is 1.84. The van der Waals surface area contributed by atoms with Crippen LogP contribution in [0.25, 0.3) is 10.8 Å². The molecule has 0 aliphatic heterocycles. The second-order valence-electron chi connectivity index (χ2n) is 4.21. The number of nitrogens with one attached hydrogen (secondary N) is 1. The molecule has 2 rings (SSSR count). The minimum Gasteiger partial charge on any atom is -0.315 e. The van der Waals surface area contributed by atoms with Gasteiger partial charge in [0.25, 0.3) is 5.56 Å². The Morgan fingerprint density at radius 1 is 1.30 bits per heavy atom. The molecule has 1 N–H and O–H groups in total. The Labute approximate surface area is 115 Å². The van der Waals surface area contributed by atoms with Gasteiger partial charge in [0.15, 0.2) is 0 Å². The van der Waals surface area contributed by atoms with Crippen LogP contribution in [0.5, 0.6) is 0 Å². The molecule has 0 saturated carbocycles. The standard InChI is InChI=1S/C14H11N5O/c1-9-6-12-11(14(20)19(9)2)4-3-5-13(12)18-17-10(7-15)8-16/h3-6,18H,1-2H3. The van der Waals surface area contributed by atoms with Gasteiger partial charge in [-0.1, -0.05) is 6.07 Å². The molecule has 0 saturated heterocycles. The molecule has 0 unspecified atom stereocenters. The number of fused-ring (bicyclic) bond motifs is 1. The number of hydrogen-bond donors (Lipinski definition) is 1. The monoisotopic (exact) mass is 265 g/mol. The number of aryl methyl sites for hydroxylation is 1. The molecule has 0 atom stereocenters. The largest absolute Gasteiger partial charge is 0.315 e. The van der Waals surface area contributed by atoms with E-state index in [9.17, 15) is 4.79 Å². The zero-order chi connectivity index (χ0) is 14.7. The van der Waals surface area contributed by atoms with Crippen LogP contribution in [-0.2, 0) is 7.05 Å². The number of hydrogen-bond acceptors (Lipinski definition) is 5. The van der Waals surface area contributed by atoms with Crippen LogP contribution in [0.4, 0.5) is 5.69 Å². The maximum absolute atomic E-state index is 12.1. The van der Waals surface area contributed by atoms with Crippen LogP contribution in [0.2, 0.25) is 0 Å². The maximum atomic E-state index is 12.1. The van der Waals surface area contributed by atoms with Gasteiger partial charge in [-0.25, -0.2) is 0 Å². The Balaban J connectivity index is 2.63. The van der Waals surface area contributed by atoms with Gasteiger partial charge in [-0.15, -0.1) is 0 Å². The summed E-state index contributed by atoms with van der Waals surface area (Å²) >= 11 is 0. The Hall–Kier alpha value is -3.12. The summed E-state index contributed by atoms with van der Waals surface area (Å²) in [6, 6.07) is 10.4. The summed E-state index contributed by atoms with van der Waals surface area (Å²) in [5, 5.41) is 22.2. The topological polar surface area (TPSA) is 94.0 Å². The van der Waals surface area contributed by atoms with Crippen LogP contribution in [-0.4, -0.2) is 10.3 Å². The first-order chi connectivity index (χ1) is 9.58. The van der Waals surface area contributed by atoms with Crippen molar-refractivity contribution < 1.29 is 0 Å². The summed E-state index contributed by atoms with van der Waals surface area (Å²) in [6.45, 7) is 1.83. The minimum atomic E-state index is -0.275. The molecule has 0 aliphatic carbocycles. The molecular weight excluding hydrogens is 254 g/mol. The second kappa shape index (κ2) is 5.25. The molecule has 1 heterocycles. The first-order valence-electron chi connectivity index (χ1n) is 5.81. The van der Waals surface area contributed by atoms with Gasteiger partial charge in [-0.3, -0.25) is 10.2 Å². The van der Waals surface area contributed by atoms with E-state index in [1.54, 1.807) is 42.0 Å². The fourth-order valence-corrected chi connectivity index (χ4v) is 1.84. The summed E-state index contributed by atoms with van der Waals surface area (Å²) in [4.78, 5) is 12.1. The van der Waals surface area contributed by atoms with Crippen molar-refractivity contribution in [2.24, 2.45) is 12.1 Å². The molecule has 0 fully saturated rings. The third kappa shape index (κ3) is 2.23. The van der Waals surface area contributed by atoms with Gasteiger partial charge in [-0.05, 0) is 25.1 Å². The average molecular weight is 265 g/mol. The predicted molar refractivity (Wildman–Crippen MR) is 76.2 cm³/mol. The number of hydrazone groups is 1. The van der Waals surface area contributed by atoms with E-state index in [0.717, 1.165) is 5.69 Å². The lowest BCUT2D eigenvalue weighted by atomic mass is 10.1. The molecule has 0 amide bonds. The number of nitriles is 2. The first kappa shape index (κ1) is 13.3. The van der Waals surface area contributed by atoms with Crippen molar-refractivity contribution in [3.8, 4) is 12.1 Å². The van der Waals surface area contributed by atoms with E-state index >= 15 is 0 Å². The highest BCUT2D eigenvalue weighted by atomic mass is 16.1. The Morgan fingerprint density at radius 3 is 2.65 bits per heavy atom. The highest BCUT2D eigenvalue weighted by Crippen LogP contribution is 2.21. The van der Waals surface area contributed by atoms with Crippen molar-refractivity contribution >= 4 is 22.2 Å². The van der Waals surface area contributed by atoms with Gasteiger partial charge >= 0.3 is 0 Å². The van der Waals surface area contributed by atoms with E-state index in [2.05, 4.69) is 10.5 Å². The highest BCUT2D eigenvalue weighted by Gasteiger charge is 2.07. The van der Waals surface area contributed by atoms with E-state index in [1.807, 2.05) is 13.0 Å². The van der Waals surface area contributed by atoms with Crippen molar-refractivity contribution in [3.05, 3.63) is 40.3 Å². The van der Waals surface area contributed by atoms with E-state index in [1.165, 1.54) is 0 Å². The zero-order valence-electron chi connectivity index (χ0n) is 11.0. The van der Waals surface area contributed by atoms with E-state index in [4.69, 9.17) is 10.5 Å². The minimum absolute atomic E-state index is 0.103. The smallest absolute Gasteiger partial charge is 0.258 e. The molecule has 0 radical (unpaired) electrons. The molecular formula is C14H11N5O. The number of benzene rings is 1. The Kier molecular flexibility index (Phi) is 3.49. The van der Waals surface area contributed by atoms with Crippen molar-refractivity contribution in [2.75, 3.05) is 5.43 Å². The van der Waals surface area contributed by atoms with Crippen LogP contribution >= 0.6 is 0 Å². The number of nitrogens with zero attached hydrogens (tertiary/aromatic N) is 4. The summed E-state index contributed by atoms with van der Waals surface area (Å²) in [6.07, 6.45) is 0. The lowest BCUT2D eigenvalue weighted by molar-refractivity contribution is 0.830. The Morgan fingerprint density at radius 2 is 2.00 bits per heavy atom.